The van der Waals surface area contributed by atoms with Crippen LogP contribution in [0.15, 0.2) is 22.8 Å². The van der Waals surface area contributed by atoms with Gasteiger partial charge in [0.25, 0.3) is 5.91 Å². The minimum atomic E-state index is -0.335. The van der Waals surface area contributed by atoms with E-state index in [0.29, 0.717) is 19.7 Å². The highest BCUT2D eigenvalue weighted by Gasteiger charge is 2.23. The topological polar surface area (TPSA) is 92.0 Å². The highest BCUT2D eigenvalue weighted by atomic mass is 16.5. The molecular formula is C13H18N2O5. The molecule has 2 rings (SSSR count). The second-order valence-electron chi connectivity index (χ2n) is 4.50. The first kappa shape index (κ1) is 14.5. The van der Waals surface area contributed by atoms with E-state index in [1.165, 1.54) is 6.26 Å². The van der Waals surface area contributed by atoms with E-state index in [-0.39, 0.29) is 43.3 Å². The van der Waals surface area contributed by atoms with Gasteiger partial charge in [-0.2, -0.15) is 0 Å². The Morgan fingerprint density at radius 1 is 1.50 bits per heavy atom. The Balaban J connectivity index is 1.71. The van der Waals surface area contributed by atoms with Gasteiger partial charge >= 0.3 is 0 Å². The predicted octanol–water partition coefficient (Wildman–Crippen LogP) is -0.381. The van der Waals surface area contributed by atoms with E-state index in [1.807, 2.05) is 0 Å². The molecule has 0 saturated carbocycles. The normalized spacial score (nSPS) is 18.9. The molecule has 1 aliphatic rings. The molecule has 0 radical (unpaired) electrons. The van der Waals surface area contributed by atoms with Crippen LogP contribution in [-0.4, -0.2) is 60.8 Å². The van der Waals surface area contributed by atoms with Crippen LogP contribution in [-0.2, 0) is 9.53 Å². The number of ether oxygens (including phenoxy) is 1. The monoisotopic (exact) mass is 282 g/mol. The fourth-order valence-electron chi connectivity index (χ4n) is 1.99. The summed E-state index contributed by atoms with van der Waals surface area (Å²) in [5.74, 6) is -0.173. The zero-order valence-corrected chi connectivity index (χ0v) is 11.1. The molecule has 7 heteroatoms. The Morgan fingerprint density at radius 2 is 2.35 bits per heavy atom. The molecule has 0 aliphatic carbocycles. The molecule has 1 fully saturated rings. The van der Waals surface area contributed by atoms with E-state index in [1.54, 1.807) is 17.0 Å². The summed E-state index contributed by atoms with van der Waals surface area (Å²) < 4.78 is 10.2. The number of hydrogen-bond donors (Lipinski definition) is 2. The van der Waals surface area contributed by atoms with Crippen molar-refractivity contribution in [2.45, 2.75) is 12.5 Å². The van der Waals surface area contributed by atoms with Gasteiger partial charge in [0.05, 0.1) is 25.6 Å². The van der Waals surface area contributed by atoms with Gasteiger partial charge in [-0.1, -0.05) is 0 Å². The van der Waals surface area contributed by atoms with Crippen LogP contribution in [0.2, 0.25) is 0 Å². The van der Waals surface area contributed by atoms with Crippen molar-refractivity contribution in [2.24, 2.45) is 0 Å². The number of amides is 2. The van der Waals surface area contributed by atoms with Gasteiger partial charge in [0.1, 0.15) is 0 Å². The lowest BCUT2D eigenvalue weighted by Crippen LogP contribution is -2.47. The van der Waals surface area contributed by atoms with Crippen molar-refractivity contribution in [3.05, 3.63) is 24.2 Å². The first-order chi connectivity index (χ1) is 9.70. The van der Waals surface area contributed by atoms with Crippen molar-refractivity contribution >= 4 is 11.8 Å². The van der Waals surface area contributed by atoms with Gasteiger partial charge < -0.3 is 24.5 Å². The second kappa shape index (κ2) is 7.06. The smallest absolute Gasteiger partial charge is 0.286 e. The second-order valence-corrected chi connectivity index (χ2v) is 4.50. The molecule has 2 amide bonds. The zero-order valence-electron chi connectivity index (χ0n) is 11.1. The molecule has 1 aliphatic heterocycles. The fourth-order valence-corrected chi connectivity index (χ4v) is 1.99. The molecule has 20 heavy (non-hydrogen) atoms. The Bertz CT molecular complexity index is 446. The van der Waals surface area contributed by atoms with E-state index in [9.17, 15) is 9.59 Å². The molecule has 2 N–H and O–H groups in total. The van der Waals surface area contributed by atoms with Crippen LogP contribution in [0.25, 0.3) is 0 Å². The number of furan rings is 1. The van der Waals surface area contributed by atoms with Crippen LogP contribution >= 0.6 is 0 Å². The molecule has 110 valence electrons. The Labute approximate surface area is 116 Å². The van der Waals surface area contributed by atoms with Gasteiger partial charge in [0, 0.05) is 26.1 Å². The Morgan fingerprint density at radius 3 is 3.05 bits per heavy atom. The number of hydrogen-bond acceptors (Lipinski definition) is 5. The molecule has 2 heterocycles. The van der Waals surface area contributed by atoms with Gasteiger partial charge in [-0.15, -0.1) is 0 Å². The number of nitrogens with zero attached hydrogens (tertiary/aromatic N) is 1. The minimum Gasteiger partial charge on any atom is -0.459 e. The molecule has 0 spiro atoms. The molecule has 0 bridgehead atoms. The lowest BCUT2D eigenvalue weighted by molar-refractivity contribution is -0.140. The van der Waals surface area contributed by atoms with Crippen LogP contribution < -0.4 is 5.32 Å². The molecule has 1 aromatic rings. The summed E-state index contributed by atoms with van der Waals surface area (Å²) in [7, 11) is 0. The van der Waals surface area contributed by atoms with E-state index < -0.39 is 0 Å². The van der Waals surface area contributed by atoms with Gasteiger partial charge in [-0.05, 0) is 12.1 Å². The third-order valence-corrected chi connectivity index (χ3v) is 3.06. The summed E-state index contributed by atoms with van der Waals surface area (Å²) >= 11 is 0. The van der Waals surface area contributed by atoms with Gasteiger partial charge in [-0.3, -0.25) is 9.59 Å². The molecular weight excluding hydrogens is 264 g/mol. The number of aliphatic hydroxyl groups is 1. The van der Waals surface area contributed by atoms with E-state index in [4.69, 9.17) is 14.3 Å². The molecule has 1 atom stereocenters. The standard InChI is InChI=1S/C13H18N2O5/c16-9-10-8-15(5-7-19-10)12(17)3-4-14-13(18)11-2-1-6-20-11/h1-2,6,10,16H,3-5,7-9H2,(H,14,18). The largest absolute Gasteiger partial charge is 0.459 e. The van der Waals surface area contributed by atoms with Crippen molar-refractivity contribution in [1.82, 2.24) is 10.2 Å². The summed E-state index contributed by atoms with van der Waals surface area (Å²) in [5, 5.41) is 11.6. The van der Waals surface area contributed by atoms with Gasteiger partial charge in [0.2, 0.25) is 5.91 Å². The SMILES string of the molecule is O=C(NCCC(=O)N1CCOC(CO)C1)c1ccco1. The molecule has 0 aromatic carbocycles. The van der Waals surface area contributed by atoms with Crippen LogP contribution in [0.3, 0.4) is 0 Å². The van der Waals surface area contributed by atoms with Gasteiger partial charge in [-0.25, -0.2) is 0 Å². The van der Waals surface area contributed by atoms with Crippen molar-refractivity contribution in [3.8, 4) is 0 Å². The molecule has 1 aromatic heterocycles. The van der Waals surface area contributed by atoms with E-state index in [0.717, 1.165) is 0 Å². The minimum absolute atomic E-state index is 0.0634. The number of carbonyl (C=O) groups is 2. The van der Waals surface area contributed by atoms with Gasteiger partial charge in [0.15, 0.2) is 5.76 Å². The Hall–Kier alpha value is -1.86. The summed E-state index contributed by atoms with van der Waals surface area (Å²) in [5.41, 5.74) is 0. The third-order valence-electron chi connectivity index (χ3n) is 3.06. The van der Waals surface area contributed by atoms with Crippen molar-refractivity contribution in [3.63, 3.8) is 0 Å². The third kappa shape index (κ3) is 3.82. The van der Waals surface area contributed by atoms with E-state index in [2.05, 4.69) is 5.32 Å². The number of carbonyl (C=O) groups excluding carboxylic acids is 2. The fraction of sp³-hybridized carbons (Fsp3) is 0.538. The molecule has 7 nitrogen and oxygen atoms in total. The molecule has 1 unspecified atom stereocenters. The van der Waals surface area contributed by atoms with E-state index >= 15 is 0 Å². The highest BCUT2D eigenvalue weighted by molar-refractivity contribution is 5.91. The Kier molecular flexibility index (Phi) is 5.14. The number of rotatable bonds is 5. The average Bonchev–Trinajstić information content (AvgIpc) is 3.01. The lowest BCUT2D eigenvalue weighted by atomic mass is 10.2. The summed E-state index contributed by atoms with van der Waals surface area (Å²) in [6.07, 6.45) is 1.32. The lowest BCUT2D eigenvalue weighted by Gasteiger charge is -2.32. The average molecular weight is 282 g/mol. The number of nitrogens with one attached hydrogen (secondary N) is 1. The zero-order chi connectivity index (χ0) is 14.4. The maximum absolute atomic E-state index is 11.9. The highest BCUT2D eigenvalue weighted by Crippen LogP contribution is 2.06. The predicted molar refractivity (Wildman–Crippen MR) is 69.1 cm³/mol. The van der Waals surface area contributed by atoms with Crippen molar-refractivity contribution < 1.29 is 23.8 Å². The van der Waals surface area contributed by atoms with Crippen LogP contribution in [0.1, 0.15) is 17.0 Å². The maximum atomic E-state index is 11.9. The summed E-state index contributed by atoms with van der Waals surface area (Å²) in [6, 6.07) is 3.19. The number of aliphatic hydroxyl groups excluding tert-OH is 1. The number of morpholine rings is 1. The van der Waals surface area contributed by atoms with Crippen LogP contribution in [0.4, 0.5) is 0 Å². The quantitative estimate of drug-likeness (QED) is 0.768. The maximum Gasteiger partial charge on any atom is 0.286 e. The van der Waals surface area contributed by atoms with Crippen molar-refractivity contribution in [2.75, 3.05) is 32.8 Å². The summed E-state index contributed by atoms with van der Waals surface area (Å²) in [6.45, 7) is 1.48. The van der Waals surface area contributed by atoms with Crippen LogP contribution in [0, 0.1) is 0 Å². The summed E-state index contributed by atoms with van der Waals surface area (Å²) in [4.78, 5) is 25.2. The first-order valence-corrected chi connectivity index (χ1v) is 6.52. The first-order valence-electron chi connectivity index (χ1n) is 6.52. The van der Waals surface area contributed by atoms with Crippen LogP contribution in [0.5, 0.6) is 0 Å². The van der Waals surface area contributed by atoms with Crippen molar-refractivity contribution in [1.29, 1.82) is 0 Å². The molecule has 1 saturated heterocycles.